The number of pyridine rings is 1. The van der Waals surface area contributed by atoms with E-state index in [-0.39, 0.29) is 30.3 Å². The summed E-state index contributed by atoms with van der Waals surface area (Å²) in [7, 11) is 0. The molecule has 0 N–H and O–H groups in total. The largest absolute Gasteiger partial charge is 0.372 e. The fraction of sp³-hybridized carbons (Fsp3) is 0.684. The van der Waals surface area contributed by atoms with Crippen molar-refractivity contribution in [3.63, 3.8) is 0 Å². The molecule has 0 spiro atoms. The Morgan fingerprint density at radius 2 is 2.24 bits per heavy atom. The van der Waals surface area contributed by atoms with Gasteiger partial charge < -0.3 is 19.1 Å². The summed E-state index contributed by atoms with van der Waals surface area (Å²) in [4.78, 5) is 18.9. The first-order valence-electron chi connectivity index (χ1n) is 9.36. The molecular formula is C19H26N2O4. The van der Waals surface area contributed by atoms with Gasteiger partial charge in [0.05, 0.1) is 37.2 Å². The van der Waals surface area contributed by atoms with Gasteiger partial charge >= 0.3 is 0 Å². The Labute approximate surface area is 148 Å². The Morgan fingerprint density at radius 1 is 1.28 bits per heavy atom. The topological polar surface area (TPSA) is 60.9 Å². The average molecular weight is 346 g/mol. The number of fused-ring (bicyclic) bond motifs is 1. The van der Waals surface area contributed by atoms with Crippen LogP contribution in [0.3, 0.4) is 0 Å². The van der Waals surface area contributed by atoms with Crippen LogP contribution in [0.1, 0.15) is 37.8 Å². The van der Waals surface area contributed by atoms with Gasteiger partial charge in [-0.2, -0.15) is 0 Å². The second-order valence-electron chi connectivity index (χ2n) is 7.10. The molecule has 0 aliphatic carbocycles. The van der Waals surface area contributed by atoms with Crippen LogP contribution in [0, 0.1) is 0 Å². The lowest BCUT2D eigenvalue weighted by molar-refractivity contribution is -0.148. The van der Waals surface area contributed by atoms with Crippen molar-refractivity contribution >= 4 is 5.91 Å². The number of carbonyl (C=O) groups is 1. The minimum Gasteiger partial charge on any atom is -0.372 e. The van der Waals surface area contributed by atoms with Crippen molar-refractivity contribution in [2.45, 2.75) is 63.1 Å². The van der Waals surface area contributed by atoms with E-state index >= 15 is 0 Å². The molecule has 3 aliphatic rings. The predicted octanol–water partition coefficient (Wildman–Crippen LogP) is 1.93. The van der Waals surface area contributed by atoms with Gasteiger partial charge in [0.2, 0.25) is 0 Å². The van der Waals surface area contributed by atoms with Gasteiger partial charge in [0.15, 0.2) is 0 Å². The van der Waals surface area contributed by atoms with E-state index in [2.05, 4.69) is 4.98 Å². The Hall–Kier alpha value is -1.50. The smallest absolute Gasteiger partial charge is 0.252 e. The van der Waals surface area contributed by atoms with Crippen molar-refractivity contribution in [2.24, 2.45) is 0 Å². The zero-order chi connectivity index (χ0) is 17.1. The molecule has 136 valence electrons. The lowest BCUT2D eigenvalue weighted by atomic mass is 9.99. The Bertz CT molecular complexity index is 576. The molecular weight excluding hydrogens is 320 g/mol. The van der Waals surface area contributed by atoms with Crippen molar-refractivity contribution in [1.82, 2.24) is 9.88 Å². The van der Waals surface area contributed by atoms with Crippen LogP contribution in [-0.4, -0.2) is 59.9 Å². The fourth-order valence-electron chi connectivity index (χ4n) is 4.13. The van der Waals surface area contributed by atoms with Gasteiger partial charge in [0.25, 0.3) is 5.91 Å². The van der Waals surface area contributed by atoms with E-state index in [0.29, 0.717) is 19.8 Å². The molecule has 4 atom stereocenters. The highest BCUT2D eigenvalue weighted by Gasteiger charge is 2.44. The first-order chi connectivity index (χ1) is 12.3. The lowest BCUT2D eigenvalue weighted by Crippen LogP contribution is -2.48. The number of carbonyl (C=O) groups excluding carboxylic acids is 1. The molecule has 3 saturated heterocycles. The van der Waals surface area contributed by atoms with Gasteiger partial charge in [-0.15, -0.1) is 0 Å². The first-order valence-corrected chi connectivity index (χ1v) is 9.36. The molecule has 6 heteroatoms. The number of nitrogens with zero attached hydrogens (tertiary/aromatic N) is 2. The van der Waals surface area contributed by atoms with Crippen LogP contribution in [0.2, 0.25) is 0 Å². The molecule has 1 amide bonds. The highest BCUT2D eigenvalue weighted by molar-refractivity contribution is 5.81. The Kier molecular flexibility index (Phi) is 5.29. The summed E-state index contributed by atoms with van der Waals surface area (Å²) in [6.07, 6.45) is 6.49. The van der Waals surface area contributed by atoms with E-state index in [1.54, 1.807) is 6.20 Å². The quantitative estimate of drug-likeness (QED) is 0.815. The normalized spacial score (nSPS) is 31.9. The highest BCUT2D eigenvalue weighted by atomic mass is 16.5. The van der Waals surface area contributed by atoms with Crippen molar-refractivity contribution in [2.75, 3.05) is 19.8 Å². The van der Waals surface area contributed by atoms with E-state index in [9.17, 15) is 4.79 Å². The van der Waals surface area contributed by atoms with Crippen molar-refractivity contribution < 1.29 is 19.0 Å². The predicted molar refractivity (Wildman–Crippen MR) is 90.9 cm³/mol. The van der Waals surface area contributed by atoms with Gasteiger partial charge in [-0.1, -0.05) is 6.07 Å². The van der Waals surface area contributed by atoms with E-state index in [4.69, 9.17) is 14.2 Å². The van der Waals surface area contributed by atoms with Crippen molar-refractivity contribution in [1.29, 1.82) is 0 Å². The Balaban J connectivity index is 1.25. The molecule has 1 aromatic heterocycles. The average Bonchev–Trinajstić information content (AvgIpc) is 3.32. The van der Waals surface area contributed by atoms with E-state index < -0.39 is 0 Å². The molecule has 3 aliphatic heterocycles. The summed E-state index contributed by atoms with van der Waals surface area (Å²) in [6.45, 7) is 2.60. The zero-order valence-corrected chi connectivity index (χ0v) is 14.5. The molecule has 0 aromatic carbocycles. The van der Waals surface area contributed by atoms with Crippen LogP contribution in [0.25, 0.3) is 0 Å². The van der Waals surface area contributed by atoms with Crippen LogP contribution < -0.4 is 0 Å². The van der Waals surface area contributed by atoms with Crippen LogP contribution >= 0.6 is 0 Å². The number of hydrogen-bond donors (Lipinski definition) is 0. The summed E-state index contributed by atoms with van der Waals surface area (Å²) >= 11 is 0. The van der Waals surface area contributed by atoms with Crippen molar-refractivity contribution in [3.8, 4) is 0 Å². The number of aromatic nitrogens is 1. The third-order valence-electron chi connectivity index (χ3n) is 5.40. The number of amides is 1. The van der Waals surface area contributed by atoms with Gasteiger partial charge in [0.1, 0.15) is 6.10 Å². The standard InChI is InChI=1S/C19H26N2O4/c22-19(18-5-3-11-24-18)21-10-8-17-16(21)7-6-15(25-17)13-23-12-14-4-1-2-9-20-14/h1-2,4,9,15-18H,3,5-8,10-13H2/t15-,16-,17-,18?/m0/s1. The van der Waals surface area contributed by atoms with Crippen LogP contribution in [-0.2, 0) is 25.6 Å². The summed E-state index contributed by atoms with van der Waals surface area (Å²) in [5.41, 5.74) is 0.936. The third-order valence-corrected chi connectivity index (χ3v) is 5.40. The zero-order valence-electron chi connectivity index (χ0n) is 14.5. The second-order valence-corrected chi connectivity index (χ2v) is 7.10. The molecule has 4 heterocycles. The molecule has 25 heavy (non-hydrogen) atoms. The molecule has 3 fully saturated rings. The van der Waals surface area contributed by atoms with Gasteiger partial charge in [-0.25, -0.2) is 0 Å². The molecule has 0 bridgehead atoms. The molecule has 1 unspecified atom stereocenters. The molecule has 4 rings (SSSR count). The molecule has 0 saturated carbocycles. The van der Waals surface area contributed by atoms with Gasteiger partial charge in [-0.05, 0) is 44.2 Å². The minimum absolute atomic E-state index is 0.114. The monoisotopic (exact) mass is 346 g/mol. The second kappa shape index (κ2) is 7.81. The summed E-state index contributed by atoms with van der Waals surface area (Å²) in [6, 6.07) is 6.04. The fourth-order valence-corrected chi connectivity index (χ4v) is 4.13. The third kappa shape index (κ3) is 3.86. The maximum atomic E-state index is 12.6. The summed E-state index contributed by atoms with van der Waals surface area (Å²) in [5.74, 6) is 0.165. The minimum atomic E-state index is -0.224. The first kappa shape index (κ1) is 16.9. The number of rotatable bonds is 5. The summed E-state index contributed by atoms with van der Waals surface area (Å²) < 4.78 is 17.6. The maximum absolute atomic E-state index is 12.6. The molecule has 6 nitrogen and oxygen atoms in total. The van der Waals surface area contributed by atoms with Crippen LogP contribution in [0.15, 0.2) is 24.4 Å². The Morgan fingerprint density at radius 3 is 3.04 bits per heavy atom. The molecule has 1 aromatic rings. The van der Waals surface area contributed by atoms with E-state index in [1.807, 2.05) is 23.1 Å². The number of hydrogen-bond acceptors (Lipinski definition) is 5. The maximum Gasteiger partial charge on any atom is 0.252 e. The van der Waals surface area contributed by atoms with E-state index in [1.165, 1.54) is 0 Å². The van der Waals surface area contributed by atoms with Crippen LogP contribution in [0.5, 0.6) is 0 Å². The highest BCUT2D eigenvalue weighted by Crippen LogP contribution is 2.33. The van der Waals surface area contributed by atoms with Crippen LogP contribution in [0.4, 0.5) is 0 Å². The van der Waals surface area contributed by atoms with Crippen molar-refractivity contribution in [3.05, 3.63) is 30.1 Å². The lowest BCUT2D eigenvalue weighted by Gasteiger charge is -2.36. The van der Waals surface area contributed by atoms with Gasteiger partial charge in [0, 0.05) is 19.3 Å². The number of ether oxygens (including phenoxy) is 3. The van der Waals surface area contributed by atoms with Gasteiger partial charge in [-0.3, -0.25) is 9.78 Å². The molecule has 0 radical (unpaired) electrons. The van der Waals surface area contributed by atoms with E-state index in [0.717, 1.165) is 44.3 Å². The summed E-state index contributed by atoms with van der Waals surface area (Å²) in [5, 5.41) is 0. The number of likely N-dealkylation sites (tertiary alicyclic amines) is 1. The SMILES string of the molecule is O=C(C1CCCO1)N1CC[C@@H]2O[C@H](COCc3ccccn3)CC[C@@H]21.